The van der Waals surface area contributed by atoms with E-state index in [9.17, 15) is 29.6 Å². The number of benzene rings is 3. The van der Waals surface area contributed by atoms with Crippen LogP contribution in [0.2, 0.25) is 0 Å². The fraction of sp³-hybridized carbons (Fsp3) is 0.107. The number of aromatic nitrogens is 2. The van der Waals surface area contributed by atoms with E-state index in [-0.39, 0.29) is 16.9 Å². The van der Waals surface area contributed by atoms with Crippen LogP contribution in [0.25, 0.3) is 11.4 Å². The zero-order chi connectivity index (χ0) is 27.1. The summed E-state index contributed by atoms with van der Waals surface area (Å²) in [4.78, 5) is 52.5. The van der Waals surface area contributed by atoms with Crippen LogP contribution in [0.15, 0.2) is 95.3 Å². The minimum atomic E-state index is -1.20. The van der Waals surface area contributed by atoms with Crippen LogP contribution in [0.5, 0.6) is 0 Å². The second kappa shape index (κ2) is 9.32. The molecule has 0 spiro atoms. The van der Waals surface area contributed by atoms with Gasteiger partial charge in [-0.25, -0.2) is 4.68 Å². The van der Waals surface area contributed by atoms with Crippen molar-refractivity contribution in [3.8, 4) is 5.69 Å². The van der Waals surface area contributed by atoms with Gasteiger partial charge in [0.1, 0.15) is 11.4 Å². The van der Waals surface area contributed by atoms with Crippen molar-refractivity contribution in [3.63, 3.8) is 0 Å². The van der Waals surface area contributed by atoms with Crippen molar-refractivity contribution in [2.24, 2.45) is 7.05 Å². The molecule has 0 saturated carbocycles. The molecule has 1 unspecified atom stereocenters. The summed E-state index contributed by atoms with van der Waals surface area (Å²) in [6.07, 6.45) is 0. The maximum absolute atomic E-state index is 13.8. The lowest BCUT2D eigenvalue weighted by atomic mass is 9.95. The summed E-state index contributed by atoms with van der Waals surface area (Å²) in [7, 11) is 1.66. The Morgan fingerprint density at radius 1 is 0.895 bits per heavy atom. The van der Waals surface area contributed by atoms with Gasteiger partial charge in [0.25, 0.3) is 22.9 Å². The SMILES string of the molecule is Cc1c(N2C(=O)C(=O)/C(=C(\O)c3ccccc3)C2c2ccc([N+](=O)[O-])cc2)c(=O)n(-c2ccccc2)n1C. The number of nitro benzene ring substituents is 1. The molecular formula is C28H22N4O6. The van der Waals surface area contributed by atoms with Gasteiger partial charge in [-0.3, -0.25) is 34.1 Å². The minimum absolute atomic E-state index is 0.0334. The minimum Gasteiger partial charge on any atom is -0.507 e. The summed E-state index contributed by atoms with van der Waals surface area (Å²) >= 11 is 0. The number of para-hydroxylation sites is 1. The van der Waals surface area contributed by atoms with Gasteiger partial charge in [0.05, 0.1) is 27.9 Å². The summed E-state index contributed by atoms with van der Waals surface area (Å²) in [6, 6.07) is 21.2. The number of non-ortho nitro benzene ring substituents is 1. The van der Waals surface area contributed by atoms with Crippen molar-refractivity contribution in [1.82, 2.24) is 9.36 Å². The Bertz CT molecular complexity index is 1670. The van der Waals surface area contributed by atoms with E-state index >= 15 is 0 Å². The number of aliphatic hydroxyl groups excluding tert-OH is 1. The first kappa shape index (κ1) is 24.4. The number of rotatable bonds is 5. The number of nitro groups is 1. The summed E-state index contributed by atoms with van der Waals surface area (Å²) in [5.41, 5.74) is 0.623. The number of hydrogen-bond donors (Lipinski definition) is 1. The average molecular weight is 511 g/mol. The van der Waals surface area contributed by atoms with Crippen LogP contribution in [-0.2, 0) is 16.6 Å². The van der Waals surface area contributed by atoms with E-state index < -0.39 is 34.0 Å². The topological polar surface area (TPSA) is 128 Å². The molecule has 4 aromatic rings. The molecule has 1 aromatic heterocycles. The number of amides is 1. The number of carbonyl (C=O) groups is 2. The second-order valence-corrected chi connectivity index (χ2v) is 8.79. The number of carbonyl (C=O) groups excluding carboxylic acids is 2. The van der Waals surface area contributed by atoms with Gasteiger partial charge in [0, 0.05) is 24.7 Å². The number of aliphatic hydroxyl groups is 1. The fourth-order valence-corrected chi connectivity index (χ4v) is 4.74. The molecule has 3 aromatic carbocycles. The summed E-state index contributed by atoms with van der Waals surface area (Å²) < 4.78 is 2.96. The normalized spacial score (nSPS) is 16.7. The number of Topliss-reactive ketones (excluding diaryl/α,β-unsaturated/α-hetero) is 1. The number of hydrogen-bond acceptors (Lipinski definition) is 6. The Labute approximate surface area is 216 Å². The Morgan fingerprint density at radius 3 is 2.05 bits per heavy atom. The molecule has 1 aliphatic heterocycles. The number of nitrogens with zero attached hydrogens (tertiary/aromatic N) is 4. The van der Waals surface area contributed by atoms with E-state index in [0.29, 0.717) is 22.5 Å². The summed E-state index contributed by atoms with van der Waals surface area (Å²) in [5, 5.41) is 22.4. The van der Waals surface area contributed by atoms with Crippen LogP contribution in [-0.4, -0.2) is 31.1 Å². The molecule has 1 fully saturated rings. The first-order valence-electron chi connectivity index (χ1n) is 11.7. The van der Waals surface area contributed by atoms with E-state index in [1.807, 2.05) is 6.07 Å². The Kier molecular flexibility index (Phi) is 6.00. The van der Waals surface area contributed by atoms with E-state index in [0.717, 1.165) is 4.90 Å². The molecule has 10 heteroatoms. The highest BCUT2D eigenvalue weighted by Crippen LogP contribution is 2.42. The molecule has 10 nitrogen and oxygen atoms in total. The highest BCUT2D eigenvalue weighted by molar-refractivity contribution is 6.51. The smallest absolute Gasteiger partial charge is 0.300 e. The Balaban J connectivity index is 1.78. The highest BCUT2D eigenvalue weighted by Gasteiger charge is 2.49. The van der Waals surface area contributed by atoms with Crippen LogP contribution < -0.4 is 10.5 Å². The molecule has 2 heterocycles. The van der Waals surface area contributed by atoms with Crippen LogP contribution in [0.4, 0.5) is 11.4 Å². The van der Waals surface area contributed by atoms with Gasteiger partial charge in [0.2, 0.25) is 0 Å². The fourth-order valence-electron chi connectivity index (χ4n) is 4.74. The molecule has 1 aliphatic rings. The molecule has 1 amide bonds. The summed E-state index contributed by atoms with van der Waals surface area (Å²) in [6.45, 7) is 1.65. The average Bonchev–Trinajstić information content (AvgIpc) is 3.31. The van der Waals surface area contributed by atoms with E-state index in [1.54, 1.807) is 73.3 Å². The van der Waals surface area contributed by atoms with Crippen LogP contribution >= 0.6 is 0 Å². The maximum Gasteiger partial charge on any atom is 0.300 e. The van der Waals surface area contributed by atoms with Gasteiger partial charge < -0.3 is 5.11 Å². The van der Waals surface area contributed by atoms with E-state index in [4.69, 9.17) is 0 Å². The predicted molar refractivity (Wildman–Crippen MR) is 140 cm³/mol. The molecule has 38 heavy (non-hydrogen) atoms. The lowest BCUT2D eigenvalue weighted by molar-refractivity contribution is -0.384. The van der Waals surface area contributed by atoms with Crippen molar-refractivity contribution in [3.05, 3.63) is 128 Å². The van der Waals surface area contributed by atoms with Gasteiger partial charge in [-0.1, -0.05) is 48.5 Å². The van der Waals surface area contributed by atoms with E-state index in [1.165, 1.54) is 28.9 Å². The first-order chi connectivity index (χ1) is 18.2. The summed E-state index contributed by atoms with van der Waals surface area (Å²) in [5.74, 6) is -2.37. The van der Waals surface area contributed by atoms with E-state index in [2.05, 4.69) is 0 Å². The molecule has 0 radical (unpaired) electrons. The van der Waals surface area contributed by atoms with Crippen LogP contribution in [0.3, 0.4) is 0 Å². The molecule has 1 saturated heterocycles. The monoisotopic (exact) mass is 510 g/mol. The third-order valence-corrected chi connectivity index (χ3v) is 6.68. The van der Waals surface area contributed by atoms with Crippen molar-refractivity contribution < 1.29 is 19.6 Å². The molecule has 0 aliphatic carbocycles. The standard InChI is InChI=1S/C28H22N4O6/c1-17-23(27(35)31(29(17)2)20-11-7-4-8-12-20)30-24(18-13-15-21(16-14-18)32(37)38)22(26(34)28(30)36)25(33)19-9-5-3-6-10-19/h3-16,24,33H,1-2H3/b25-22-. The molecule has 190 valence electrons. The zero-order valence-electron chi connectivity index (χ0n) is 20.4. The van der Waals surface area contributed by atoms with Crippen molar-refractivity contribution in [2.45, 2.75) is 13.0 Å². The van der Waals surface area contributed by atoms with Crippen molar-refractivity contribution in [1.29, 1.82) is 0 Å². The van der Waals surface area contributed by atoms with Gasteiger partial charge in [-0.2, -0.15) is 0 Å². The molecule has 1 atom stereocenters. The third kappa shape index (κ3) is 3.79. The quantitative estimate of drug-likeness (QED) is 0.142. The predicted octanol–water partition coefficient (Wildman–Crippen LogP) is 4.02. The zero-order valence-corrected chi connectivity index (χ0v) is 20.4. The van der Waals surface area contributed by atoms with Crippen LogP contribution in [0, 0.1) is 17.0 Å². The molecule has 1 N–H and O–H groups in total. The Morgan fingerprint density at radius 2 is 1.47 bits per heavy atom. The van der Waals surface area contributed by atoms with Crippen molar-refractivity contribution in [2.75, 3.05) is 4.90 Å². The van der Waals surface area contributed by atoms with Gasteiger partial charge in [-0.15, -0.1) is 0 Å². The lowest BCUT2D eigenvalue weighted by Gasteiger charge is -2.24. The first-order valence-corrected chi connectivity index (χ1v) is 11.7. The molecule has 0 bridgehead atoms. The third-order valence-electron chi connectivity index (χ3n) is 6.68. The Hall–Kier alpha value is -5.25. The number of anilines is 1. The largest absolute Gasteiger partial charge is 0.507 e. The van der Waals surface area contributed by atoms with Crippen LogP contribution in [0.1, 0.15) is 22.9 Å². The maximum atomic E-state index is 13.8. The highest BCUT2D eigenvalue weighted by atomic mass is 16.6. The molecular weight excluding hydrogens is 488 g/mol. The van der Waals surface area contributed by atoms with Gasteiger partial charge in [-0.05, 0) is 36.8 Å². The number of ketones is 1. The van der Waals surface area contributed by atoms with Gasteiger partial charge in [0.15, 0.2) is 0 Å². The van der Waals surface area contributed by atoms with Crippen molar-refractivity contribution >= 4 is 28.8 Å². The second-order valence-electron chi connectivity index (χ2n) is 8.79. The van der Waals surface area contributed by atoms with Gasteiger partial charge >= 0.3 is 0 Å². The molecule has 5 rings (SSSR count). The lowest BCUT2D eigenvalue weighted by Crippen LogP contribution is -2.34.